The highest BCUT2D eigenvalue weighted by Gasteiger charge is 2.22. The predicted octanol–water partition coefficient (Wildman–Crippen LogP) is 4.05. The van der Waals surface area contributed by atoms with Gasteiger partial charge in [0.15, 0.2) is 28.8 Å². The van der Waals surface area contributed by atoms with E-state index in [0.717, 1.165) is 12.0 Å². The van der Waals surface area contributed by atoms with Crippen molar-refractivity contribution in [3.8, 4) is 23.0 Å². The molecule has 3 rings (SSSR count). The zero-order chi connectivity index (χ0) is 23.1. The first-order chi connectivity index (χ1) is 15.5. The monoisotopic (exact) mass is 441 g/mol. The summed E-state index contributed by atoms with van der Waals surface area (Å²) >= 11 is 0. The Kier molecular flexibility index (Phi) is 7.98. The summed E-state index contributed by atoms with van der Waals surface area (Å²) in [5.41, 5.74) is 2.86. The molecular weight excluding hydrogens is 410 g/mol. The van der Waals surface area contributed by atoms with Crippen molar-refractivity contribution in [1.82, 2.24) is 4.90 Å². The van der Waals surface area contributed by atoms with Gasteiger partial charge in [0.2, 0.25) is 5.91 Å². The second-order valence-electron chi connectivity index (χ2n) is 7.74. The Labute approximate surface area is 189 Å². The van der Waals surface area contributed by atoms with E-state index in [1.54, 1.807) is 46.6 Å². The van der Waals surface area contributed by atoms with Crippen LogP contribution in [0.5, 0.6) is 23.0 Å². The quantitative estimate of drug-likeness (QED) is 0.409. The number of ketones is 1. The maximum Gasteiger partial charge on any atom is 0.222 e. The van der Waals surface area contributed by atoms with Crippen molar-refractivity contribution in [3.63, 3.8) is 0 Å². The molecule has 0 atom stereocenters. The van der Waals surface area contributed by atoms with E-state index in [1.807, 2.05) is 17.0 Å². The molecule has 32 heavy (non-hydrogen) atoms. The number of ether oxygens (including phenoxy) is 4. The predicted molar refractivity (Wildman–Crippen MR) is 121 cm³/mol. The molecule has 0 aliphatic carbocycles. The highest BCUT2D eigenvalue weighted by molar-refractivity contribution is 5.96. The molecule has 0 spiro atoms. The molecule has 0 aromatic heterocycles. The first kappa shape index (κ1) is 23.4. The smallest absolute Gasteiger partial charge is 0.222 e. The summed E-state index contributed by atoms with van der Waals surface area (Å²) in [6.07, 6.45) is 2.95. The first-order valence-corrected chi connectivity index (χ1v) is 10.8. The molecule has 7 heteroatoms. The summed E-state index contributed by atoms with van der Waals surface area (Å²) in [7, 11) is 6.34. The number of Topliss-reactive ketones (excluding diaryl/α,β-unsaturated/α-hetero) is 1. The maximum atomic E-state index is 12.7. The molecule has 0 saturated heterocycles. The number of benzene rings is 2. The largest absolute Gasteiger partial charge is 0.493 e. The van der Waals surface area contributed by atoms with Crippen LogP contribution in [-0.2, 0) is 17.8 Å². The fraction of sp³-hybridized carbons (Fsp3) is 0.440. The van der Waals surface area contributed by atoms with Gasteiger partial charge in [-0.05, 0) is 60.7 Å². The molecule has 1 amide bonds. The molecule has 0 fully saturated rings. The standard InChI is InChI=1S/C25H31NO6/c1-29-21-10-9-18(14-22(21)30-2)20(27)7-5-6-8-25(28)26-12-11-17-13-23(31-3)24(32-4)15-19(17)16-26/h9-10,13-15H,5-8,11-12,16H2,1-4H3. The molecule has 172 valence electrons. The van der Waals surface area contributed by atoms with Crippen LogP contribution in [0.2, 0.25) is 0 Å². The van der Waals surface area contributed by atoms with E-state index in [9.17, 15) is 9.59 Å². The topological polar surface area (TPSA) is 74.3 Å². The number of fused-ring (bicyclic) bond motifs is 1. The third kappa shape index (κ3) is 5.33. The highest BCUT2D eigenvalue weighted by atomic mass is 16.5. The molecule has 0 N–H and O–H groups in total. The van der Waals surface area contributed by atoms with Crippen molar-refractivity contribution in [2.45, 2.75) is 38.6 Å². The minimum Gasteiger partial charge on any atom is -0.493 e. The number of methoxy groups -OCH3 is 4. The summed E-state index contributed by atoms with van der Waals surface area (Å²) in [6, 6.07) is 9.11. The molecule has 0 bridgehead atoms. The van der Waals surface area contributed by atoms with E-state index >= 15 is 0 Å². The van der Waals surface area contributed by atoms with Gasteiger partial charge in [-0.2, -0.15) is 0 Å². The van der Waals surface area contributed by atoms with Crippen LogP contribution in [0.4, 0.5) is 0 Å². The first-order valence-electron chi connectivity index (χ1n) is 10.8. The molecule has 2 aromatic carbocycles. The second kappa shape index (κ2) is 10.9. The van der Waals surface area contributed by atoms with Gasteiger partial charge in [0, 0.05) is 31.5 Å². The molecule has 1 aliphatic heterocycles. The molecule has 2 aromatic rings. The summed E-state index contributed by atoms with van der Waals surface area (Å²) in [5.74, 6) is 2.66. The van der Waals surface area contributed by atoms with Crippen LogP contribution in [0.25, 0.3) is 0 Å². The SMILES string of the molecule is COc1ccc(C(=O)CCCCC(=O)N2CCc3cc(OC)c(OC)cc3C2)cc1OC. The van der Waals surface area contributed by atoms with Gasteiger partial charge in [0.25, 0.3) is 0 Å². The minimum absolute atomic E-state index is 0.0337. The lowest BCUT2D eigenvalue weighted by atomic mass is 9.98. The lowest BCUT2D eigenvalue weighted by Crippen LogP contribution is -2.35. The van der Waals surface area contributed by atoms with Gasteiger partial charge in [-0.1, -0.05) is 0 Å². The second-order valence-corrected chi connectivity index (χ2v) is 7.74. The Balaban J connectivity index is 1.49. The average molecular weight is 442 g/mol. The third-order valence-electron chi connectivity index (χ3n) is 5.82. The molecule has 0 saturated carbocycles. The van der Waals surface area contributed by atoms with Crippen molar-refractivity contribution in [1.29, 1.82) is 0 Å². The molecular formula is C25H31NO6. The Morgan fingerprint density at radius 1 is 0.781 bits per heavy atom. The fourth-order valence-electron chi connectivity index (χ4n) is 3.97. The molecule has 0 unspecified atom stereocenters. The van der Waals surface area contributed by atoms with Crippen LogP contribution in [0.1, 0.15) is 47.2 Å². The minimum atomic E-state index is 0.0337. The van der Waals surface area contributed by atoms with Crippen LogP contribution in [0, 0.1) is 0 Å². The van der Waals surface area contributed by atoms with E-state index in [4.69, 9.17) is 18.9 Å². The number of unbranched alkanes of at least 4 members (excludes halogenated alkanes) is 1. The molecule has 1 heterocycles. The van der Waals surface area contributed by atoms with E-state index in [1.165, 1.54) is 5.56 Å². The normalized spacial score (nSPS) is 12.7. The van der Waals surface area contributed by atoms with Gasteiger partial charge in [0.05, 0.1) is 28.4 Å². The Hall–Kier alpha value is -3.22. The van der Waals surface area contributed by atoms with Gasteiger partial charge in [-0.25, -0.2) is 0 Å². The van der Waals surface area contributed by atoms with E-state index in [0.29, 0.717) is 67.3 Å². The summed E-state index contributed by atoms with van der Waals surface area (Å²) in [5, 5.41) is 0. The van der Waals surface area contributed by atoms with Crippen molar-refractivity contribution < 1.29 is 28.5 Å². The number of hydrogen-bond acceptors (Lipinski definition) is 6. The average Bonchev–Trinajstić information content (AvgIpc) is 2.84. The highest BCUT2D eigenvalue weighted by Crippen LogP contribution is 2.33. The maximum absolute atomic E-state index is 12.7. The number of hydrogen-bond donors (Lipinski definition) is 0. The van der Waals surface area contributed by atoms with Crippen molar-refractivity contribution in [3.05, 3.63) is 47.0 Å². The van der Waals surface area contributed by atoms with Crippen LogP contribution in [0.3, 0.4) is 0 Å². The Morgan fingerprint density at radius 3 is 2.03 bits per heavy atom. The van der Waals surface area contributed by atoms with Gasteiger partial charge < -0.3 is 23.8 Å². The Morgan fingerprint density at radius 2 is 1.38 bits per heavy atom. The molecule has 1 aliphatic rings. The van der Waals surface area contributed by atoms with Gasteiger partial charge >= 0.3 is 0 Å². The number of rotatable bonds is 10. The summed E-state index contributed by atoms with van der Waals surface area (Å²) in [6.45, 7) is 1.25. The van der Waals surface area contributed by atoms with Crippen molar-refractivity contribution in [2.24, 2.45) is 0 Å². The van der Waals surface area contributed by atoms with Crippen LogP contribution in [0.15, 0.2) is 30.3 Å². The number of carbonyl (C=O) groups is 2. The van der Waals surface area contributed by atoms with Crippen molar-refractivity contribution in [2.75, 3.05) is 35.0 Å². The zero-order valence-electron chi connectivity index (χ0n) is 19.2. The zero-order valence-corrected chi connectivity index (χ0v) is 19.2. The van der Waals surface area contributed by atoms with E-state index in [2.05, 4.69) is 0 Å². The van der Waals surface area contributed by atoms with Gasteiger partial charge in [0.1, 0.15) is 0 Å². The fourth-order valence-corrected chi connectivity index (χ4v) is 3.97. The lowest BCUT2D eigenvalue weighted by molar-refractivity contribution is -0.132. The van der Waals surface area contributed by atoms with Crippen LogP contribution < -0.4 is 18.9 Å². The number of carbonyl (C=O) groups excluding carboxylic acids is 2. The van der Waals surface area contributed by atoms with Crippen molar-refractivity contribution >= 4 is 11.7 Å². The van der Waals surface area contributed by atoms with E-state index in [-0.39, 0.29) is 11.7 Å². The van der Waals surface area contributed by atoms with Gasteiger partial charge in [-0.15, -0.1) is 0 Å². The third-order valence-corrected chi connectivity index (χ3v) is 5.82. The van der Waals surface area contributed by atoms with Crippen LogP contribution >= 0.6 is 0 Å². The number of nitrogens with zero attached hydrogens (tertiary/aromatic N) is 1. The lowest BCUT2D eigenvalue weighted by Gasteiger charge is -2.29. The Bertz CT molecular complexity index is 971. The summed E-state index contributed by atoms with van der Waals surface area (Å²) < 4.78 is 21.2. The molecule has 7 nitrogen and oxygen atoms in total. The molecule has 0 radical (unpaired) electrons. The van der Waals surface area contributed by atoms with E-state index < -0.39 is 0 Å². The number of amides is 1. The van der Waals surface area contributed by atoms with Gasteiger partial charge in [-0.3, -0.25) is 9.59 Å². The summed E-state index contributed by atoms with van der Waals surface area (Å²) in [4.78, 5) is 27.1. The van der Waals surface area contributed by atoms with Crippen LogP contribution in [-0.4, -0.2) is 51.6 Å².